The van der Waals surface area contributed by atoms with Crippen LogP contribution in [0.25, 0.3) is 0 Å². The molecule has 2 rings (SSSR count). The lowest BCUT2D eigenvalue weighted by molar-refractivity contribution is 0.625. The number of rotatable bonds is 4. The standard InChI is InChI=1S/C12H14FN3S/c1-9(10-4-3-5-11(13)6-10)17-7-12-14-8-15-16(12)2/h3-6,8-9H,7H2,1-2H3/t9-/m1/s1. The van der Waals surface area contributed by atoms with Crippen LogP contribution in [0.15, 0.2) is 30.6 Å². The van der Waals surface area contributed by atoms with E-state index in [1.165, 1.54) is 6.07 Å². The van der Waals surface area contributed by atoms with E-state index in [2.05, 4.69) is 17.0 Å². The Balaban J connectivity index is 1.98. The summed E-state index contributed by atoms with van der Waals surface area (Å²) in [5.41, 5.74) is 0.997. The molecule has 0 saturated heterocycles. The molecule has 0 N–H and O–H groups in total. The maximum Gasteiger partial charge on any atom is 0.138 e. The molecule has 0 amide bonds. The van der Waals surface area contributed by atoms with Gasteiger partial charge in [-0.05, 0) is 24.6 Å². The van der Waals surface area contributed by atoms with Gasteiger partial charge in [0, 0.05) is 12.3 Å². The SMILES string of the molecule is C[C@@H](SCc1ncnn1C)c1cccc(F)c1. The van der Waals surface area contributed by atoms with Gasteiger partial charge in [0.25, 0.3) is 0 Å². The molecule has 0 bridgehead atoms. The quantitative estimate of drug-likeness (QED) is 0.837. The van der Waals surface area contributed by atoms with E-state index in [0.29, 0.717) is 0 Å². The monoisotopic (exact) mass is 251 g/mol. The van der Waals surface area contributed by atoms with E-state index >= 15 is 0 Å². The average Bonchev–Trinajstić information content (AvgIpc) is 2.72. The fourth-order valence-electron chi connectivity index (χ4n) is 1.51. The summed E-state index contributed by atoms with van der Waals surface area (Å²) < 4.78 is 14.8. The number of nitrogens with zero attached hydrogens (tertiary/aromatic N) is 3. The molecule has 1 aromatic carbocycles. The Morgan fingerprint density at radius 1 is 1.47 bits per heavy atom. The van der Waals surface area contributed by atoms with E-state index in [-0.39, 0.29) is 11.1 Å². The van der Waals surface area contributed by atoms with Crippen molar-refractivity contribution in [1.82, 2.24) is 14.8 Å². The molecule has 90 valence electrons. The normalized spacial score (nSPS) is 12.6. The van der Waals surface area contributed by atoms with Crippen LogP contribution < -0.4 is 0 Å². The summed E-state index contributed by atoms with van der Waals surface area (Å²) in [6, 6.07) is 6.72. The predicted molar refractivity (Wildman–Crippen MR) is 67.1 cm³/mol. The van der Waals surface area contributed by atoms with Crippen molar-refractivity contribution in [3.05, 3.63) is 47.8 Å². The van der Waals surface area contributed by atoms with Crippen LogP contribution in [-0.2, 0) is 12.8 Å². The third kappa shape index (κ3) is 3.06. The highest BCUT2D eigenvalue weighted by atomic mass is 32.2. The molecule has 0 aliphatic carbocycles. The average molecular weight is 251 g/mol. The van der Waals surface area contributed by atoms with Gasteiger partial charge in [0.1, 0.15) is 18.0 Å². The zero-order chi connectivity index (χ0) is 12.3. The van der Waals surface area contributed by atoms with Crippen LogP contribution in [0.4, 0.5) is 4.39 Å². The topological polar surface area (TPSA) is 30.7 Å². The van der Waals surface area contributed by atoms with Crippen LogP contribution in [0.1, 0.15) is 23.6 Å². The molecule has 0 spiro atoms. The van der Waals surface area contributed by atoms with E-state index in [0.717, 1.165) is 17.1 Å². The number of benzene rings is 1. The molecule has 1 atom stereocenters. The van der Waals surface area contributed by atoms with Gasteiger partial charge in [-0.25, -0.2) is 9.37 Å². The molecule has 0 unspecified atom stereocenters. The summed E-state index contributed by atoms with van der Waals surface area (Å²) >= 11 is 1.72. The number of aryl methyl sites for hydroxylation is 1. The number of hydrogen-bond acceptors (Lipinski definition) is 3. The number of thioether (sulfide) groups is 1. The number of hydrogen-bond donors (Lipinski definition) is 0. The Labute approximate surface area is 104 Å². The van der Waals surface area contributed by atoms with E-state index in [1.807, 2.05) is 13.1 Å². The molecule has 0 aliphatic rings. The Kier molecular flexibility index (Phi) is 3.78. The Hall–Kier alpha value is -1.36. The van der Waals surface area contributed by atoms with Gasteiger partial charge < -0.3 is 0 Å². The van der Waals surface area contributed by atoms with Gasteiger partial charge in [-0.3, -0.25) is 4.68 Å². The molecule has 0 aliphatic heterocycles. The van der Waals surface area contributed by atoms with E-state index in [4.69, 9.17) is 0 Å². The minimum atomic E-state index is -0.186. The Bertz CT molecular complexity index is 498. The van der Waals surface area contributed by atoms with Gasteiger partial charge >= 0.3 is 0 Å². The summed E-state index contributed by atoms with van der Waals surface area (Å²) in [6.45, 7) is 2.07. The van der Waals surface area contributed by atoms with Crippen LogP contribution in [0.3, 0.4) is 0 Å². The first kappa shape index (κ1) is 12.1. The summed E-state index contributed by atoms with van der Waals surface area (Å²) in [5, 5.41) is 4.25. The van der Waals surface area contributed by atoms with E-state index in [9.17, 15) is 4.39 Å². The zero-order valence-electron chi connectivity index (χ0n) is 9.80. The molecule has 1 heterocycles. The summed E-state index contributed by atoms with van der Waals surface area (Å²) in [7, 11) is 1.87. The van der Waals surface area contributed by atoms with Crippen LogP contribution >= 0.6 is 11.8 Å². The highest BCUT2D eigenvalue weighted by Gasteiger charge is 2.09. The second-order valence-corrected chi connectivity index (χ2v) is 5.14. The van der Waals surface area contributed by atoms with Crippen molar-refractivity contribution in [2.24, 2.45) is 7.05 Å². The summed E-state index contributed by atoms with van der Waals surface area (Å²) in [5.74, 6) is 1.51. The largest absolute Gasteiger partial charge is 0.252 e. The fourth-order valence-corrected chi connectivity index (χ4v) is 2.51. The van der Waals surface area contributed by atoms with Gasteiger partial charge in [-0.2, -0.15) is 5.10 Å². The highest BCUT2D eigenvalue weighted by Crippen LogP contribution is 2.30. The second-order valence-electron chi connectivity index (χ2n) is 3.81. The third-order valence-electron chi connectivity index (χ3n) is 2.59. The molecule has 1 aromatic heterocycles. The van der Waals surface area contributed by atoms with Gasteiger partial charge in [0.2, 0.25) is 0 Å². The molecular weight excluding hydrogens is 237 g/mol. The van der Waals surface area contributed by atoms with Crippen molar-refractivity contribution in [1.29, 1.82) is 0 Å². The molecule has 2 aromatic rings. The van der Waals surface area contributed by atoms with Crippen LogP contribution in [0, 0.1) is 5.82 Å². The molecule has 17 heavy (non-hydrogen) atoms. The summed E-state index contributed by atoms with van der Waals surface area (Å²) in [6.07, 6.45) is 1.54. The van der Waals surface area contributed by atoms with Crippen LogP contribution in [0.2, 0.25) is 0 Å². The maximum atomic E-state index is 13.1. The fraction of sp³-hybridized carbons (Fsp3) is 0.333. The molecule has 5 heteroatoms. The van der Waals surface area contributed by atoms with E-state index < -0.39 is 0 Å². The molecule has 0 radical (unpaired) electrons. The smallest absolute Gasteiger partial charge is 0.138 e. The van der Waals surface area contributed by atoms with E-state index in [1.54, 1.807) is 34.9 Å². The third-order valence-corrected chi connectivity index (χ3v) is 3.78. The Morgan fingerprint density at radius 2 is 2.29 bits per heavy atom. The van der Waals surface area contributed by atoms with Crippen LogP contribution in [-0.4, -0.2) is 14.8 Å². The minimum absolute atomic E-state index is 0.186. The van der Waals surface area contributed by atoms with Gasteiger partial charge in [0.15, 0.2) is 0 Å². The van der Waals surface area contributed by atoms with Gasteiger partial charge in [-0.1, -0.05) is 12.1 Å². The maximum absolute atomic E-state index is 13.1. The highest BCUT2D eigenvalue weighted by molar-refractivity contribution is 7.98. The van der Waals surface area contributed by atoms with Crippen molar-refractivity contribution in [3.63, 3.8) is 0 Å². The van der Waals surface area contributed by atoms with Crippen molar-refractivity contribution in [2.75, 3.05) is 0 Å². The lowest BCUT2D eigenvalue weighted by atomic mass is 10.2. The molecule has 0 saturated carbocycles. The van der Waals surface area contributed by atoms with Gasteiger partial charge in [-0.15, -0.1) is 11.8 Å². The second kappa shape index (κ2) is 5.31. The van der Waals surface area contributed by atoms with Crippen molar-refractivity contribution in [3.8, 4) is 0 Å². The minimum Gasteiger partial charge on any atom is -0.252 e. The van der Waals surface area contributed by atoms with Crippen molar-refractivity contribution in [2.45, 2.75) is 17.9 Å². The van der Waals surface area contributed by atoms with Crippen molar-refractivity contribution < 1.29 is 4.39 Å². The number of halogens is 1. The zero-order valence-corrected chi connectivity index (χ0v) is 10.6. The molecule has 3 nitrogen and oxygen atoms in total. The van der Waals surface area contributed by atoms with Gasteiger partial charge in [0.05, 0.1) is 5.75 Å². The van der Waals surface area contributed by atoms with Crippen LogP contribution in [0.5, 0.6) is 0 Å². The van der Waals surface area contributed by atoms with Crippen molar-refractivity contribution >= 4 is 11.8 Å². The summed E-state index contributed by atoms with van der Waals surface area (Å²) in [4.78, 5) is 4.16. The lowest BCUT2D eigenvalue weighted by Crippen LogP contribution is -1.99. The molecule has 0 fully saturated rings. The Morgan fingerprint density at radius 3 is 2.94 bits per heavy atom. The predicted octanol–water partition coefficient (Wildman–Crippen LogP) is 2.95. The first-order chi connectivity index (χ1) is 8.16. The first-order valence-electron chi connectivity index (χ1n) is 5.37. The molecular formula is C12H14FN3S. The number of aromatic nitrogens is 3. The lowest BCUT2D eigenvalue weighted by Gasteiger charge is -2.11. The first-order valence-corrected chi connectivity index (χ1v) is 6.41.